The van der Waals surface area contributed by atoms with Crippen molar-refractivity contribution in [2.75, 3.05) is 5.32 Å². The molecule has 4 aromatic rings. The Morgan fingerprint density at radius 1 is 1.12 bits per heavy atom. The van der Waals surface area contributed by atoms with E-state index in [9.17, 15) is 0 Å². The zero-order valence-electron chi connectivity index (χ0n) is 19.0. The predicted octanol–water partition coefficient (Wildman–Crippen LogP) is 5.26. The molecule has 7 heteroatoms. The van der Waals surface area contributed by atoms with Gasteiger partial charge in [-0.15, -0.1) is 0 Å². The van der Waals surface area contributed by atoms with E-state index in [1.165, 1.54) is 25.7 Å². The first kappa shape index (κ1) is 19.7. The molecule has 3 aliphatic rings. The third kappa shape index (κ3) is 3.17. The Labute approximate surface area is 188 Å². The van der Waals surface area contributed by atoms with Crippen LogP contribution in [0.5, 0.6) is 0 Å². The van der Waals surface area contributed by atoms with Crippen LogP contribution >= 0.6 is 0 Å². The van der Waals surface area contributed by atoms with Gasteiger partial charge < -0.3 is 14.9 Å². The summed E-state index contributed by atoms with van der Waals surface area (Å²) in [4.78, 5) is 21.9. The van der Waals surface area contributed by atoms with E-state index in [4.69, 9.17) is 9.97 Å². The van der Waals surface area contributed by atoms with Crippen molar-refractivity contribution in [1.82, 2.24) is 29.5 Å². The van der Waals surface area contributed by atoms with Crippen molar-refractivity contribution in [1.29, 1.82) is 0 Å². The molecule has 2 bridgehead atoms. The highest BCUT2D eigenvalue weighted by atomic mass is 15.1. The molecule has 166 valence electrons. The predicted molar refractivity (Wildman–Crippen MR) is 127 cm³/mol. The lowest BCUT2D eigenvalue weighted by molar-refractivity contribution is 0.0929. The summed E-state index contributed by atoms with van der Waals surface area (Å²) < 4.78 is 2.26. The summed E-state index contributed by atoms with van der Waals surface area (Å²) in [6.45, 7) is 7.84. The quantitative estimate of drug-likeness (QED) is 0.452. The minimum absolute atomic E-state index is 0.480. The lowest BCUT2D eigenvalue weighted by Gasteiger charge is -2.47. The molecule has 3 aliphatic carbocycles. The number of nitrogens with zero attached hydrogens (tertiary/aromatic N) is 5. The Morgan fingerprint density at radius 2 is 1.94 bits per heavy atom. The van der Waals surface area contributed by atoms with E-state index in [0.717, 1.165) is 57.7 Å². The Kier molecular flexibility index (Phi) is 4.66. The summed E-state index contributed by atoms with van der Waals surface area (Å²) in [6, 6.07) is 2.65. The second kappa shape index (κ2) is 7.57. The van der Waals surface area contributed by atoms with E-state index in [2.05, 4.69) is 57.9 Å². The fraction of sp³-hybridized carbons (Fsp3) is 0.520. The van der Waals surface area contributed by atoms with E-state index in [1.54, 1.807) is 6.33 Å². The zero-order valence-corrected chi connectivity index (χ0v) is 19.0. The van der Waals surface area contributed by atoms with Crippen LogP contribution < -0.4 is 5.32 Å². The number of hydrogen-bond donors (Lipinski definition) is 2. The lowest BCUT2D eigenvalue weighted by atomic mass is 9.62. The first-order chi connectivity index (χ1) is 15.6. The molecule has 7 nitrogen and oxygen atoms in total. The first-order valence-corrected chi connectivity index (χ1v) is 12.0. The molecule has 32 heavy (non-hydrogen) atoms. The van der Waals surface area contributed by atoms with Gasteiger partial charge >= 0.3 is 0 Å². The van der Waals surface area contributed by atoms with Gasteiger partial charge in [0.2, 0.25) is 0 Å². The molecule has 2 N–H and O–H groups in total. The van der Waals surface area contributed by atoms with Crippen LogP contribution in [0.4, 0.5) is 5.82 Å². The highest BCUT2D eigenvalue weighted by Crippen LogP contribution is 2.46. The smallest absolute Gasteiger partial charge is 0.166 e. The first-order valence-electron chi connectivity index (χ1n) is 12.0. The highest BCUT2D eigenvalue weighted by Gasteiger charge is 2.41. The van der Waals surface area contributed by atoms with Gasteiger partial charge in [0.05, 0.1) is 5.39 Å². The van der Waals surface area contributed by atoms with Crippen LogP contribution in [-0.4, -0.2) is 35.5 Å². The van der Waals surface area contributed by atoms with Crippen molar-refractivity contribution in [3.8, 4) is 11.4 Å². The summed E-state index contributed by atoms with van der Waals surface area (Å²) in [5.74, 6) is 4.47. The van der Waals surface area contributed by atoms with E-state index in [0.29, 0.717) is 17.9 Å². The molecule has 0 spiro atoms. The molecule has 0 aliphatic heterocycles. The van der Waals surface area contributed by atoms with Crippen molar-refractivity contribution in [3.05, 3.63) is 31.0 Å². The van der Waals surface area contributed by atoms with Crippen LogP contribution in [0.1, 0.15) is 46.5 Å². The molecule has 3 saturated carbocycles. The second-order valence-corrected chi connectivity index (χ2v) is 10.2. The molecule has 7 rings (SSSR count). The van der Waals surface area contributed by atoms with Crippen molar-refractivity contribution < 1.29 is 0 Å². The fourth-order valence-electron chi connectivity index (χ4n) is 6.04. The minimum atomic E-state index is 0.480. The molecular weight excluding hydrogens is 398 g/mol. The summed E-state index contributed by atoms with van der Waals surface area (Å²) in [6.07, 6.45) is 12.9. The van der Waals surface area contributed by atoms with Gasteiger partial charge in [-0.2, -0.15) is 0 Å². The van der Waals surface area contributed by atoms with E-state index in [1.807, 2.05) is 12.4 Å². The third-order valence-corrected chi connectivity index (χ3v) is 7.71. The Bertz CT molecular complexity index is 1260. The lowest BCUT2D eigenvalue weighted by Crippen LogP contribution is -2.47. The van der Waals surface area contributed by atoms with Crippen molar-refractivity contribution in [2.24, 2.45) is 23.7 Å². The third-order valence-electron chi connectivity index (χ3n) is 7.71. The minimum Gasteiger partial charge on any atom is -0.366 e. The zero-order chi connectivity index (χ0) is 21.8. The van der Waals surface area contributed by atoms with Gasteiger partial charge in [-0.3, -0.25) is 0 Å². The van der Waals surface area contributed by atoms with Crippen LogP contribution in [0, 0.1) is 23.7 Å². The van der Waals surface area contributed by atoms with Crippen molar-refractivity contribution in [2.45, 2.75) is 59.0 Å². The maximum absolute atomic E-state index is 5.09. The molecule has 0 saturated heterocycles. The maximum Gasteiger partial charge on any atom is 0.166 e. The number of anilines is 1. The van der Waals surface area contributed by atoms with Gasteiger partial charge in [0.25, 0.3) is 0 Å². The number of nitrogens with one attached hydrogen (secondary N) is 2. The van der Waals surface area contributed by atoms with Gasteiger partial charge in [-0.05, 0) is 55.4 Å². The number of aromatic nitrogens is 6. The largest absolute Gasteiger partial charge is 0.366 e. The summed E-state index contributed by atoms with van der Waals surface area (Å²) in [7, 11) is 0. The molecular formula is C25H31N7. The van der Waals surface area contributed by atoms with E-state index < -0.39 is 0 Å². The topological polar surface area (TPSA) is 84.3 Å². The Morgan fingerprint density at radius 3 is 2.72 bits per heavy atom. The summed E-state index contributed by atoms with van der Waals surface area (Å²) >= 11 is 0. The Hall–Kier alpha value is -2.96. The highest BCUT2D eigenvalue weighted by molar-refractivity contribution is 5.94. The van der Waals surface area contributed by atoms with Crippen molar-refractivity contribution in [3.63, 3.8) is 0 Å². The molecule has 4 aromatic heterocycles. The van der Waals surface area contributed by atoms with Gasteiger partial charge in [0.15, 0.2) is 5.82 Å². The molecule has 0 amide bonds. The number of aromatic amines is 1. The van der Waals surface area contributed by atoms with E-state index >= 15 is 0 Å². The molecule has 0 radical (unpaired) electrons. The van der Waals surface area contributed by atoms with Gasteiger partial charge in [0, 0.05) is 42.1 Å². The molecule has 2 atom stereocenters. The van der Waals surface area contributed by atoms with Crippen LogP contribution in [0.3, 0.4) is 0 Å². The molecule has 0 aromatic carbocycles. The number of rotatable bonds is 5. The summed E-state index contributed by atoms with van der Waals surface area (Å²) in [5.41, 5.74) is 2.75. The van der Waals surface area contributed by atoms with Gasteiger partial charge in [-0.1, -0.05) is 20.8 Å². The SMILES string of the molecule is CC(C)Cn1ccc2c(N[C@H]3C4CCC(CC4)[C@@H]3C)nc(-c3c[nH]c4ncncc34)nc21. The molecule has 0 unspecified atom stereocenters. The average Bonchev–Trinajstić information content (AvgIpc) is 3.40. The van der Waals surface area contributed by atoms with E-state index in [-0.39, 0.29) is 0 Å². The van der Waals surface area contributed by atoms with Crippen LogP contribution in [0.25, 0.3) is 33.5 Å². The van der Waals surface area contributed by atoms with Crippen LogP contribution in [-0.2, 0) is 6.54 Å². The van der Waals surface area contributed by atoms with Crippen LogP contribution in [0.15, 0.2) is 31.0 Å². The summed E-state index contributed by atoms with van der Waals surface area (Å²) in [5, 5.41) is 5.98. The monoisotopic (exact) mass is 429 g/mol. The molecule has 3 fully saturated rings. The van der Waals surface area contributed by atoms with Gasteiger partial charge in [-0.25, -0.2) is 19.9 Å². The van der Waals surface area contributed by atoms with Crippen molar-refractivity contribution >= 4 is 27.9 Å². The fourth-order valence-corrected chi connectivity index (χ4v) is 6.04. The van der Waals surface area contributed by atoms with Crippen LogP contribution in [0.2, 0.25) is 0 Å². The standard InChI is InChI=1S/C25H31N7/c1-14(2)12-32-9-8-18-23(29-21-15(3)16-4-6-17(21)7-5-16)30-24(31-25(18)32)20-11-27-22-19(20)10-26-13-28-22/h8-11,13-17,21H,4-7,12H2,1-3H3,(H,26,27,28)(H,29,30,31)/t15-,16?,17?,21+/m0/s1. The normalized spacial score (nSPS) is 25.2. The second-order valence-electron chi connectivity index (χ2n) is 10.2. The maximum atomic E-state index is 5.09. The van der Waals surface area contributed by atoms with Gasteiger partial charge in [0.1, 0.15) is 23.4 Å². The average molecular weight is 430 g/mol. The number of fused-ring (bicyclic) bond motifs is 5. The number of hydrogen-bond acceptors (Lipinski definition) is 5. The molecule has 4 heterocycles. The number of H-pyrrole nitrogens is 1. The Balaban J connectivity index is 1.48.